The van der Waals surface area contributed by atoms with Gasteiger partial charge in [-0.25, -0.2) is 22.0 Å². The Balaban J connectivity index is 1.80. The van der Waals surface area contributed by atoms with Gasteiger partial charge in [-0.05, 0) is 36.1 Å². The average Bonchev–Trinajstić information content (AvgIpc) is 3.21. The number of halogens is 5. The highest BCUT2D eigenvalue weighted by atomic mass is 19.2. The van der Waals surface area contributed by atoms with E-state index in [0.717, 1.165) is 18.2 Å². The molecule has 2 aromatic rings. The molecule has 1 saturated carbocycles. The Kier molecular flexibility index (Phi) is 4.26. The van der Waals surface area contributed by atoms with Crippen molar-refractivity contribution in [3.05, 3.63) is 70.5 Å². The lowest BCUT2D eigenvalue weighted by Crippen LogP contribution is -2.34. The summed E-state index contributed by atoms with van der Waals surface area (Å²) in [4.78, 5) is 12.1. The smallest absolute Gasteiger partial charge is 0.254 e. The molecule has 0 spiro atoms. The number of carbonyl (C=O) groups is 1. The predicted molar refractivity (Wildman–Crippen MR) is 80.5 cm³/mol. The van der Waals surface area contributed by atoms with Gasteiger partial charge in [0.1, 0.15) is 11.6 Å². The van der Waals surface area contributed by atoms with Gasteiger partial charge in [0, 0.05) is 18.0 Å². The van der Waals surface area contributed by atoms with Crippen molar-refractivity contribution in [3.8, 4) is 0 Å². The van der Waals surface area contributed by atoms with Crippen LogP contribution in [0.1, 0.15) is 29.3 Å². The van der Waals surface area contributed by atoms with Crippen LogP contribution in [0.5, 0.6) is 0 Å². The second kappa shape index (κ2) is 6.13. The summed E-state index contributed by atoms with van der Waals surface area (Å²) in [5.41, 5.74) is -1.11. The maximum atomic E-state index is 14.1. The summed E-state index contributed by atoms with van der Waals surface area (Å²) in [6.07, 6.45) is 0.552. The lowest BCUT2D eigenvalue weighted by Gasteiger charge is -2.19. The van der Waals surface area contributed by atoms with Crippen molar-refractivity contribution in [2.75, 3.05) is 6.54 Å². The van der Waals surface area contributed by atoms with Gasteiger partial charge in [0.25, 0.3) is 5.91 Å². The van der Waals surface area contributed by atoms with Crippen molar-refractivity contribution in [2.45, 2.75) is 18.8 Å². The van der Waals surface area contributed by atoms with Gasteiger partial charge in [0.05, 0.1) is 5.56 Å². The monoisotopic (exact) mass is 355 g/mol. The second-order valence-electron chi connectivity index (χ2n) is 6.29. The largest absolute Gasteiger partial charge is 0.351 e. The Hall–Kier alpha value is -2.44. The van der Waals surface area contributed by atoms with Crippen molar-refractivity contribution >= 4 is 5.91 Å². The minimum Gasteiger partial charge on any atom is -0.351 e. The number of rotatable bonds is 4. The fourth-order valence-electron chi connectivity index (χ4n) is 3.13. The predicted octanol–water partition coefficient (Wildman–Crippen LogP) is 4.09. The molecule has 0 aromatic heterocycles. The highest BCUT2D eigenvalue weighted by molar-refractivity contribution is 5.94. The summed E-state index contributed by atoms with van der Waals surface area (Å²) in [6, 6.07) is 4.70. The van der Waals surface area contributed by atoms with Crippen molar-refractivity contribution < 1.29 is 26.7 Å². The molecule has 3 rings (SSSR count). The maximum Gasteiger partial charge on any atom is 0.254 e. The summed E-state index contributed by atoms with van der Waals surface area (Å²) < 4.78 is 67.0. The zero-order valence-electron chi connectivity index (χ0n) is 13.2. The molecule has 2 unspecified atom stereocenters. The summed E-state index contributed by atoms with van der Waals surface area (Å²) in [5, 5.41) is 2.43. The van der Waals surface area contributed by atoms with Crippen LogP contribution >= 0.6 is 0 Å². The van der Waals surface area contributed by atoms with Gasteiger partial charge in [0.2, 0.25) is 0 Å². The normalized spacial score (nSPS) is 21.9. The van der Waals surface area contributed by atoms with Gasteiger partial charge in [-0.3, -0.25) is 4.79 Å². The molecular formula is C18H14F5NO. The van der Waals surface area contributed by atoms with Crippen LogP contribution in [0.15, 0.2) is 30.3 Å². The van der Waals surface area contributed by atoms with Gasteiger partial charge in [-0.1, -0.05) is 13.0 Å². The summed E-state index contributed by atoms with van der Waals surface area (Å²) in [6.45, 7) is 1.81. The summed E-state index contributed by atoms with van der Waals surface area (Å²) >= 11 is 0. The molecule has 0 bridgehead atoms. The van der Waals surface area contributed by atoms with E-state index in [2.05, 4.69) is 5.32 Å². The lowest BCUT2D eigenvalue weighted by molar-refractivity contribution is 0.0943. The molecule has 1 aliphatic carbocycles. The Morgan fingerprint density at radius 3 is 2.36 bits per heavy atom. The van der Waals surface area contributed by atoms with Crippen molar-refractivity contribution in [1.82, 2.24) is 5.32 Å². The van der Waals surface area contributed by atoms with Gasteiger partial charge in [-0.2, -0.15) is 0 Å². The molecule has 2 atom stereocenters. The van der Waals surface area contributed by atoms with Gasteiger partial charge < -0.3 is 5.32 Å². The van der Waals surface area contributed by atoms with Crippen LogP contribution in [0.3, 0.4) is 0 Å². The average molecular weight is 355 g/mol. The molecule has 1 amide bonds. The highest BCUT2D eigenvalue weighted by Crippen LogP contribution is 2.54. The van der Waals surface area contributed by atoms with E-state index in [1.54, 1.807) is 0 Å². The molecule has 0 aliphatic heterocycles. The molecule has 132 valence electrons. The zero-order valence-corrected chi connectivity index (χ0v) is 13.2. The number of carbonyl (C=O) groups excluding carboxylic acids is 1. The molecule has 2 aromatic carbocycles. The Labute approximate surface area is 140 Å². The Bertz CT molecular complexity index is 854. The second-order valence-corrected chi connectivity index (χ2v) is 6.29. The van der Waals surface area contributed by atoms with Crippen LogP contribution in [-0.2, 0) is 5.41 Å². The van der Waals surface area contributed by atoms with Crippen LogP contribution < -0.4 is 5.32 Å². The zero-order chi connectivity index (χ0) is 18.4. The highest BCUT2D eigenvalue weighted by Gasteiger charge is 2.53. The van der Waals surface area contributed by atoms with Crippen LogP contribution in [0, 0.1) is 35.0 Å². The fraction of sp³-hybridized carbons (Fsp3) is 0.278. The van der Waals surface area contributed by atoms with Crippen LogP contribution in [0.25, 0.3) is 0 Å². The van der Waals surface area contributed by atoms with Crippen LogP contribution in [0.4, 0.5) is 22.0 Å². The van der Waals surface area contributed by atoms with Crippen LogP contribution in [0.2, 0.25) is 0 Å². The maximum absolute atomic E-state index is 14.1. The van der Waals surface area contributed by atoms with E-state index in [1.807, 2.05) is 6.92 Å². The van der Waals surface area contributed by atoms with Gasteiger partial charge in [0.15, 0.2) is 17.5 Å². The van der Waals surface area contributed by atoms with Crippen LogP contribution in [-0.4, -0.2) is 12.5 Å². The SMILES string of the molecule is CC1CC1(CNC(=O)c1ccc(F)c(F)c1F)c1ccc(F)cc1F. The number of hydrogen-bond acceptors (Lipinski definition) is 1. The van der Waals surface area contributed by atoms with Crippen molar-refractivity contribution in [2.24, 2.45) is 5.92 Å². The molecular weight excluding hydrogens is 341 g/mol. The Morgan fingerprint density at radius 1 is 1.08 bits per heavy atom. The summed E-state index contributed by atoms with van der Waals surface area (Å²) in [5.74, 6) is -7.06. The third-order valence-electron chi connectivity index (χ3n) is 4.77. The first-order valence-electron chi connectivity index (χ1n) is 7.63. The molecule has 1 N–H and O–H groups in total. The van der Waals surface area contributed by atoms with Crippen molar-refractivity contribution in [3.63, 3.8) is 0 Å². The first-order chi connectivity index (χ1) is 11.8. The van der Waals surface area contributed by atoms with Gasteiger partial charge in [-0.15, -0.1) is 0 Å². The standard InChI is InChI=1S/C18H14F5NO/c1-9-7-18(9,12-4-2-10(19)6-14(12)21)8-24-17(25)11-3-5-13(20)16(23)15(11)22/h2-6,9H,7-8H2,1H3,(H,24,25). The molecule has 25 heavy (non-hydrogen) atoms. The third kappa shape index (κ3) is 2.99. The molecule has 1 fully saturated rings. The third-order valence-corrected chi connectivity index (χ3v) is 4.77. The number of nitrogens with one attached hydrogen (secondary N) is 1. The topological polar surface area (TPSA) is 29.1 Å². The number of hydrogen-bond donors (Lipinski definition) is 1. The number of benzene rings is 2. The van der Waals surface area contributed by atoms with E-state index in [9.17, 15) is 26.7 Å². The molecule has 0 heterocycles. The quantitative estimate of drug-likeness (QED) is 0.650. The summed E-state index contributed by atoms with van der Waals surface area (Å²) in [7, 11) is 0. The van der Waals surface area contributed by atoms with E-state index in [1.165, 1.54) is 6.07 Å². The lowest BCUT2D eigenvalue weighted by atomic mass is 9.92. The minimum absolute atomic E-state index is 0.0163. The number of amides is 1. The molecule has 0 saturated heterocycles. The van der Waals surface area contributed by atoms with E-state index in [0.29, 0.717) is 12.5 Å². The van der Waals surface area contributed by atoms with E-state index >= 15 is 0 Å². The minimum atomic E-state index is -1.73. The van der Waals surface area contributed by atoms with Gasteiger partial charge >= 0.3 is 0 Å². The molecule has 1 aliphatic rings. The van der Waals surface area contributed by atoms with E-state index < -0.39 is 46.0 Å². The Morgan fingerprint density at radius 2 is 1.76 bits per heavy atom. The molecule has 2 nitrogen and oxygen atoms in total. The first kappa shape index (κ1) is 17.4. The first-order valence-corrected chi connectivity index (χ1v) is 7.63. The van der Waals surface area contributed by atoms with E-state index in [4.69, 9.17) is 0 Å². The molecule has 0 radical (unpaired) electrons. The van der Waals surface area contributed by atoms with E-state index in [-0.39, 0.29) is 18.0 Å². The molecule has 7 heteroatoms. The van der Waals surface area contributed by atoms with Crippen molar-refractivity contribution in [1.29, 1.82) is 0 Å². The fourth-order valence-corrected chi connectivity index (χ4v) is 3.13.